The van der Waals surface area contributed by atoms with Crippen molar-refractivity contribution in [3.63, 3.8) is 0 Å². The number of nitrogens with zero attached hydrogens (tertiary/aromatic N) is 1. The van der Waals surface area contributed by atoms with Gasteiger partial charge < -0.3 is 15.5 Å². The number of piperidine rings is 1. The second kappa shape index (κ2) is 6.43. The van der Waals surface area contributed by atoms with Gasteiger partial charge in [-0.2, -0.15) is 0 Å². The van der Waals surface area contributed by atoms with Crippen molar-refractivity contribution < 1.29 is 10.2 Å². The molecule has 1 aliphatic rings. The number of hydrogen-bond acceptors (Lipinski definition) is 4. The average Bonchev–Trinajstić information content (AvgIpc) is 2.18. The molecule has 1 saturated heterocycles. The molecule has 0 aromatic rings. The Labute approximate surface area is 92.3 Å². The summed E-state index contributed by atoms with van der Waals surface area (Å²) in [5.74, 6) is 0.328. The molecule has 90 valence electrons. The van der Waals surface area contributed by atoms with E-state index < -0.39 is 0 Å². The molecule has 1 heterocycles. The molecule has 1 aliphatic heterocycles. The summed E-state index contributed by atoms with van der Waals surface area (Å²) in [5, 5.41) is 22.0. The highest BCUT2D eigenvalue weighted by molar-refractivity contribution is 4.85. The first-order chi connectivity index (χ1) is 7.17. The van der Waals surface area contributed by atoms with Crippen LogP contribution in [-0.2, 0) is 0 Å². The third-order valence-corrected chi connectivity index (χ3v) is 3.15. The number of likely N-dealkylation sites (tertiary alicyclic amines) is 1. The van der Waals surface area contributed by atoms with Gasteiger partial charge in [0.1, 0.15) is 0 Å². The van der Waals surface area contributed by atoms with Gasteiger partial charge in [0.2, 0.25) is 0 Å². The van der Waals surface area contributed by atoms with Gasteiger partial charge in [-0.15, -0.1) is 0 Å². The SMILES string of the molecule is CCNC1CC(C(C)O)CN(CCO)C1. The van der Waals surface area contributed by atoms with Crippen LogP contribution in [0.1, 0.15) is 20.3 Å². The predicted octanol–water partition coefficient (Wildman–Crippen LogP) is -0.340. The quantitative estimate of drug-likeness (QED) is 0.588. The third-order valence-electron chi connectivity index (χ3n) is 3.15. The van der Waals surface area contributed by atoms with Gasteiger partial charge in [-0.25, -0.2) is 0 Å². The van der Waals surface area contributed by atoms with E-state index >= 15 is 0 Å². The minimum atomic E-state index is -0.257. The van der Waals surface area contributed by atoms with Crippen molar-refractivity contribution in [3.8, 4) is 0 Å². The van der Waals surface area contributed by atoms with E-state index in [9.17, 15) is 5.11 Å². The summed E-state index contributed by atoms with van der Waals surface area (Å²) in [6.07, 6.45) is 0.778. The molecular formula is C11H24N2O2. The van der Waals surface area contributed by atoms with Crippen molar-refractivity contribution >= 4 is 0 Å². The normalized spacial score (nSPS) is 30.4. The van der Waals surface area contributed by atoms with E-state index in [4.69, 9.17) is 5.11 Å². The molecule has 15 heavy (non-hydrogen) atoms. The van der Waals surface area contributed by atoms with Gasteiger partial charge in [-0.05, 0) is 25.8 Å². The molecule has 4 nitrogen and oxygen atoms in total. The van der Waals surface area contributed by atoms with Gasteiger partial charge >= 0.3 is 0 Å². The lowest BCUT2D eigenvalue weighted by Crippen LogP contribution is -2.51. The minimum Gasteiger partial charge on any atom is -0.395 e. The number of aliphatic hydroxyl groups excluding tert-OH is 2. The number of hydrogen-bond donors (Lipinski definition) is 3. The Bertz CT molecular complexity index is 162. The first-order valence-electron chi connectivity index (χ1n) is 5.92. The molecule has 0 aromatic carbocycles. The van der Waals surface area contributed by atoms with Crippen LogP contribution in [0.15, 0.2) is 0 Å². The highest BCUT2D eigenvalue weighted by atomic mass is 16.3. The van der Waals surface area contributed by atoms with Crippen molar-refractivity contribution in [1.29, 1.82) is 0 Å². The summed E-state index contributed by atoms with van der Waals surface area (Å²) >= 11 is 0. The average molecular weight is 216 g/mol. The summed E-state index contributed by atoms with van der Waals surface area (Å²) < 4.78 is 0. The summed E-state index contributed by atoms with van der Waals surface area (Å²) in [4.78, 5) is 2.23. The van der Waals surface area contributed by atoms with E-state index in [-0.39, 0.29) is 12.7 Å². The zero-order chi connectivity index (χ0) is 11.3. The van der Waals surface area contributed by atoms with Gasteiger partial charge in [0.25, 0.3) is 0 Å². The van der Waals surface area contributed by atoms with Crippen LogP contribution >= 0.6 is 0 Å². The molecular weight excluding hydrogens is 192 g/mol. The zero-order valence-electron chi connectivity index (χ0n) is 9.82. The Morgan fingerprint density at radius 1 is 1.47 bits per heavy atom. The van der Waals surface area contributed by atoms with E-state index in [1.165, 1.54) is 0 Å². The van der Waals surface area contributed by atoms with E-state index in [1.54, 1.807) is 0 Å². The summed E-state index contributed by atoms with van der Waals surface area (Å²) in [5.41, 5.74) is 0. The molecule has 4 heteroatoms. The molecule has 3 N–H and O–H groups in total. The van der Waals surface area contributed by atoms with Crippen molar-refractivity contribution in [3.05, 3.63) is 0 Å². The fraction of sp³-hybridized carbons (Fsp3) is 1.00. The molecule has 0 amide bonds. The van der Waals surface area contributed by atoms with Crippen LogP contribution in [0, 0.1) is 5.92 Å². The van der Waals surface area contributed by atoms with Gasteiger partial charge in [0, 0.05) is 25.7 Å². The van der Waals surface area contributed by atoms with Gasteiger partial charge in [0.05, 0.1) is 12.7 Å². The predicted molar refractivity (Wildman–Crippen MR) is 60.8 cm³/mol. The molecule has 0 aliphatic carbocycles. The number of rotatable bonds is 5. The van der Waals surface area contributed by atoms with Crippen LogP contribution in [-0.4, -0.2) is 60.0 Å². The van der Waals surface area contributed by atoms with Crippen LogP contribution in [0.25, 0.3) is 0 Å². The lowest BCUT2D eigenvalue weighted by molar-refractivity contribution is 0.0416. The van der Waals surface area contributed by atoms with E-state index in [1.807, 2.05) is 6.92 Å². The third kappa shape index (κ3) is 4.07. The Kier molecular flexibility index (Phi) is 5.53. The Hall–Kier alpha value is -0.160. The Balaban J connectivity index is 2.48. The van der Waals surface area contributed by atoms with Gasteiger partial charge in [-0.1, -0.05) is 6.92 Å². The zero-order valence-corrected chi connectivity index (χ0v) is 9.82. The maximum atomic E-state index is 9.63. The first kappa shape index (κ1) is 12.9. The van der Waals surface area contributed by atoms with Crippen molar-refractivity contribution in [2.24, 2.45) is 5.92 Å². The summed E-state index contributed by atoms with van der Waals surface area (Å²) in [7, 11) is 0. The Morgan fingerprint density at radius 3 is 2.73 bits per heavy atom. The van der Waals surface area contributed by atoms with Crippen LogP contribution < -0.4 is 5.32 Å². The second-order valence-corrected chi connectivity index (χ2v) is 4.47. The highest BCUT2D eigenvalue weighted by Gasteiger charge is 2.28. The first-order valence-corrected chi connectivity index (χ1v) is 5.92. The van der Waals surface area contributed by atoms with Crippen LogP contribution in [0.3, 0.4) is 0 Å². The smallest absolute Gasteiger partial charge is 0.0558 e. The molecule has 3 unspecified atom stereocenters. The highest BCUT2D eigenvalue weighted by Crippen LogP contribution is 2.19. The number of likely N-dealkylation sites (N-methyl/N-ethyl adjacent to an activating group) is 1. The molecule has 0 spiro atoms. The summed E-state index contributed by atoms with van der Waals surface area (Å²) in [6.45, 7) is 7.72. The fourth-order valence-corrected chi connectivity index (χ4v) is 2.34. The lowest BCUT2D eigenvalue weighted by atomic mass is 9.90. The van der Waals surface area contributed by atoms with Crippen LogP contribution in [0.5, 0.6) is 0 Å². The maximum Gasteiger partial charge on any atom is 0.0558 e. The Morgan fingerprint density at radius 2 is 2.20 bits per heavy atom. The van der Waals surface area contributed by atoms with Crippen molar-refractivity contribution in [2.75, 3.05) is 32.8 Å². The second-order valence-electron chi connectivity index (χ2n) is 4.47. The molecule has 1 fully saturated rings. The van der Waals surface area contributed by atoms with Crippen LogP contribution in [0.2, 0.25) is 0 Å². The van der Waals surface area contributed by atoms with Crippen molar-refractivity contribution in [2.45, 2.75) is 32.4 Å². The molecule has 1 rings (SSSR count). The summed E-state index contributed by atoms with van der Waals surface area (Å²) in [6, 6.07) is 0.454. The van der Waals surface area contributed by atoms with Gasteiger partial charge in [0.15, 0.2) is 0 Å². The van der Waals surface area contributed by atoms with E-state index in [0.29, 0.717) is 18.5 Å². The van der Waals surface area contributed by atoms with Crippen molar-refractivity contribution in [1.82, 2.24) is 10.2 Å². The molecule has 3 atom stereocenters. The van der Waals surface area contributed by atoms with E-state index in [0.717, 1.165) is 26.1 Å². The topological polar surface area (TPSA) is 55.7 Å². The van der Waals surface area contributed by atoms with Gasteiger partial charge in [-0.3, -0.25) is 4.90 Å². The maximum absolute atomic E-state index is 9.63. The minimum absolute atomic E-state index is 0.200. The number of β-amino-alcohol motifs (C(OH)–C–C–N with tert-alkyl or cyclic N) is 1. The number of aliphatic hydroxyl groups is 2. The molecule has 0 bridgehead atoms. The lowest BCUT2D eigenvalue weighted by Gasteiger charge is -2.39. The standard InChI is InChI=1S/C11H24N2O2/c1-3-12-11-6-10(9(2)15)7-13(8-11)4-5-14/h9-12,14-15H,3-8H2,1-2H3. The molecule has 0 aromatic heterocycles. The molecule has 0 saturated carbocycles. The van der Waals surface area contributed by atoms with E-state index in [2.05, 4.69) is 17.1 Å². The molecule has 0 radical (unpaired) electrons. The largest absolute Gasteiger partial charge is 0.395 e. The fourth-order valence-electron chi connectivity index (χ4n) is 2.34. The monoisotopic (exact) mass is 216 g/mol. The number of nitrogens with one attached hydrogen (secondary N) is 1. The van der Waals surface area contributed by atoms with Crippen LogP contribution in [0.4, 0.5) is 0 Å².